The quantitative estimate of drug-likeness (QED) is 0.618. The van der Waals surface area contributed by atoms with Crippen molar-refractivity contribution in [3.05, 3.63) is 52.0 Å². The highest BCUT2D eigenvalue weighted by molar-refractivity contribution is 9.10. The number of carbonyl (C=O) groups is 1. The van der Waals surface area contributed by atoms with Crippen molar-refractivity contribution in [3.8, 4) is 0 Å². The molecule has 0 aliphatic heterocycles. The van der Waals surface area contributed by atoms with Crippen molar-refractivity contribution in [3.63, 3.8) is 0 Å². The highest BCUT2D eigenvalue weighted by Gasteiger charge is 2.06. The molecule has 0 aliphatic carbocycles. The Bertz CT molecular complexity index is 636. The van der Waals surface area contributed by atoms with E-state index >= 15 is 0 Å². The number of nitrogens with two attached hydrogens (primary N) is 1. The van der Waals surface area contributed by atoms with Gasteiger partial charge in [-0.25, -0.2) is 0 Å². The molecule has 0 heterocycles. The first-order valence-electron chi connectivity index (χ1n) is 5.78. The van der Waals surface area contributed by atoms with Crippen LogP contribution in [0.1, 0.15) is 0 Å². The Labute approximate surface area is 135 Å². The molecule has 0 atom stereocenters. The summed E-state index contributed by atoms with van der Waals surface area (Å²) < 4.78 is 0.980. The predicted octanol–water partition coefficient (Wildman–Crippen LogP) is 4.42. The van der Waals surface area contributed by atoms with E-state index in [1.807, 2.05) is 24.3 Å². The highest BCUT2D eigenvalue weighted by Crippen LogP contribution is 2.27. The van der Waals surface area contributed by atoms with Crippen LogP contribution in [0.25, 0.3) is 0 Å². The van der Waals surface area contributed by atoms with Crippen LogP contribution in [0.5, 0.6) is 0 Å². The zero-order valence-electron chi connectivity index (χ0n) is 10.4. The first-order chi connectivity index (χ1) is 9.56. The third kappa shape index (κ3) is 4.16. The Morgan fingerprint density at radius 3 is 2.75 bits per heavy atom. The van der Waals surface area contributed by atoms with Crippen molar-refractivity contribution >= 4 is 56.6 Å². The van der Waals surface area contributed by atoms with Crippen LogP contribution in [-0.4, -0.2) is 11.7 Å². The molecule has 20 heavy (non-hydrogen) atoms. The van der Waals surface area contributed by atoms with Gasteiger partial charge in [0.2, 0.25) is 5.91 Å². The van der Waals surface area contributed by atoms with E-state index < -0.39 is 0 Å². The van der Waals surface area contributed by atoms with Crippen molar-refractivity contribution < 1.29 is 4.79 Å². The number of amides is 1. The molecule has 2 rings (SSSR count). The second-order valence-corrected chi connectivity index (χ2v) is 6.28. The Balaban J connectivity index is 1.93. The maximum Gasteiger partial charge on any atom is 0.234 e. The summed E-state index contributed by atoms with van der Waals surface area (Å²) in [4.78, 5) is 12.9. The molecule has 2 aromatic carbocycles. The van der Waals surface area contributed by atoms with Crippen molar-refractivity contribution in [2.24, 2.45) is 0 Å². The maximum atomic E-state index is 11.9. The number of anilines is 2. The van der Waals surface area contributed by atoms with E-state index in [-0.39, 0.29) is 5.91 Å². The van der Waals surface area contributed by atoms with E-state index in [0.29, 0.717) is 22.2 Å². The predicted molar refractivity (Wildman–Crippen MR) is 89.4 cm³/mol. The monoisotopic (exact) mass is 370 g/mol. The Morgan fingerprint density at radius 1 is 1.30 bits per heavy atom. The molecule has 0 spiro atoms. The van der Waals surface area contributed by atoms with Gasteiger partial charge in [-0.1, -0.05) is 23.7 Å². The summed E-state index contributed by atoms with van der Waals surface area (Å²) in [6.07, 6.45) is 0. The van der Waals surface area contributed by atoms with E-state index in [1.165, 1.54) is 11.8 Å². The summed E-state index contributed by atoms with van der Waals surface area (Å²) in [7, 11) is 0. The van der Waals surface area contributed by atoms with Crippen LogP contribution in [0.2, 0.25) is 5.02 Å². The van der Waals surface area contributed by atoms with Crippen LogP contribution in [0.4, 0.5) is 11.4 Å². The smallest absolute Gasteiger partial charge is 0.234 e. The number of hydrogen-bond donors (Lipinski definition) is 2. The number of carbonyl (C=O) groups excluding carboxylic acids is 1. The van der Waals surface area contributed by atoms with Gasteiger partial charge in [0.15, 0.2) is 0 Å². The fourth-order valence-corrected chi connectivity index (χ4v) is 3.01. The number of rotatable bonds is 4. The average Bonchev–Trinajstić information content (AvgIpc) is 2.42. The van der Waals surface area contributed by atoms with E-state index in [0.717, 1.165) is 9.37 Å². The minimum absolute atomic E-state index is 0.0903. The number of nitrogens with one attached hydrogen (secondary N) is 1. The minimum atomic E-state index is -0.0903. The fraction of sp³-hybridized carbons (Fsp3) is 0.0714. The zero-order valence-corrected chi connectivity index (χ0v) is 13.6. The van der Waals surface area contributed by atoms with Gasteiger partial charge in [0.1, 0.15) is 0 Å². The van der Waals surface area contributed by atoms with Gasteiger partial charge in [-0.3, -0.25) is 4.79 Å². The number of benzene rings is 2. The van der Waals surface area contributed by atoms with E-state index in [4.69, 9.17) is 17.3 Å². The largest absolute Gasteiger partial charge is 0.397 e. The molecule has 0 unspecified atom stereocenters. The molecule has 0 saturated heterocycles. The first-order valence-corrected chi connectivity index (χ1v) is 7.94. The van der Waals surface area contributed by atoms with Crippen LogP contribution < -0.4 is 11.1 Å². The van der Waals surface area contributed by atoms with Gasteiger partial charge in [0, 0.05) is 15.1 Å². The summed E-state index contributed by atoms with van der Waals surface area (Å²) in [5.41, 5.74) is 6.78. The van der Waals surface area contributed by atoms with Crippen LogP contribution >= 0.6 is 39.3 Å². The molecular formula is C14H12BrClN2OS. The molecule has 1 amide bonds. The molecule has 0 aromatic heterocycles. The van der Waals surface area contributed by atoms with Crippen molar-refractivity contribution in [2.75, 3.05) is 16.8 Å². The van der Waals surface area contributed by atoms with Crippen LogP contribution in [0.3, 0.4) is 0 Å². The molecule has 0 fully saturated rings. The Morgan fingerprint density at radius 2 is 2.05 bits per heavy atom. The molecule has 6 heteroatoms. The molecule has 0 radical (unpaired) electrons. The maximum absolute atomic E-state index is 11.9. The summed E-state index contributed by atoms with van der Waals surface area (Å²) >= 11 is 10.7. The Kier molecular flexibility index (Phi) is 5.34. The van der Waals surface area contributed by atoms with E-state index in [1.54, 1.807) is 18.2 Å². The van der Waals surface area contributed by atoms with Gasteiger partial charge in [-0.2, -0.15) is 0 Å². The molecule has 3 nitrogen and oxygen atoms in total. The lowest BCUT2D eigenvalue weighted by Gasteiger charge is -2.07. The SMILES string of the molecule is Nc1cc(NC(=O)CSc2ccccc2Br)ccc1Cl. The van der Waals surface area contributed by atoms with Gasteiger partial charge in [0.25, 0.3) is 0 Å². The molecule has 0 bridgehead atoms. The molecule has 0 aliphatic rings. The molecule has 3 N–H and O–H groups in total. The fourth-order valence-electron chi connectivity index (χ4n) is 1.52. The van der Waals surface area contributed by atoms with Gasteiger partial charge in [-0.15, -0.1) is 11.8 Å². The summed E-state index contributed by atoms with van der Waals surface area (Å²) in [5.74, 6) is 0.234. The lowest BCUT2D eigenvalue weighted by Crippen LogP contribution is -2.14. The molecule has 0 saturated carbocycles. The Hall–Kier alpha value is -1.17. The summed E-state index contributed by atoms with van der Waals surface area (Å²) in [5, 5.41) is 3.26. The van der Waals surface area contributed by atoms with Crippen LogP contribution in [0.15, 0.2) is 51.8 Å². The minimum Gasteiger partial charge on any atom is -0.397 e. The number of nitrogen functional groups attached to an aromatic ring is 1. The summed E-state index contributed by atoms with van der Waals surface area (Å²) in [6, 6.07) is 12.8. The second-order valence-electron chi connectivity index (χ2n) is 4.00. The molecule has 104 valence electrons. The zero-order chi connectivity index (χ0) is 14.5. The second kappa shape index (κ2) is 7.02. The van der Waals surface area contributed by atoms with Crippen molar-refractivity contribution in [1.82, 2.24) is 0 Å². The van der Waals surface area contributed by atoms with Crippen LogP contribution in [0, 0.1) is 0 Å². The van der Waals surface area contributed by atoms with Gasteiger partial charge in [0.05, 0.1) is 16.5 Å². The van der Waals surface area contributed by atoms with Crippen molar-refractivity contribution in [2.45, 2.75) is 4.90 Å². The number of thioether (sulfide) groups is 1. The molecule has 2 aromatic rings. The topological polar surface area (TPSA) is 55.1 Å². The average molecular weight is 372 g/mol. The van der Waals surface area contributed by atoms with Gasteiger partial charge >= 0.3 is 0 Å². The number of halogens is 2. The van der Waals surface area contributed by atoms with Gasteiger partial charge in [-0.05, 0) is 46.3 Å². The standard InChI is InChI=1S/C14H12BrClN2OS/c15-10-3-1-2-4-13(10)20-8-14(19)18-9-5-6-11(16)12(17)7-9/h1-7H,8,17H2,(H,18,19). The lowest BCUT2D eigenvalue weighted by atomic mass is 10.3. The molecular weight excluding hydrogens is 360 g/mol. The number of hydrogen-bond acceptors (Lipinski definition) is 3. The van der Waals surface area contributed by atoms with E-state index in [9.17, 15) is 4.79 Å². The summed E-state index contributed by atoms with van der Waals surface area (Å²) in [6.45, 7) is 0. The third-order valence-electron chi connectivity index (χ3n) is 2.48. The third-order valence-corrected chi connectivity index (χ3v) is 4.85. The van der Waals surface area contributed by atoms with Gasteiger partial charge < -0.3 is 11.1 Å². The van der Waals surface area contributed by atoms with Crippen LogP contribution in [-0.2, 0) is 4.79 Å². The normalized spacial score (nSPS) is 10.3. The van der Waals surface area contributed by atoms with E-state index in [2.05, 4.69) is 21.2 Å². The lowest BCUT2D eigenvalue weighted by molar-refractivity contribution is -0.113. The highest BCUT2D eigenvalue weighted by atomic mass is 79.9. The van der Waals surface area contributed by atoms with Crippen molar-refractivity contribution in [1.29, 1.82) is 0 Å². The first kappa shape index (κ1) is 15.2.